The number of hydrogen-bond donors (Lipinski definition) is 1. The molecule has 0 atom stereocenters. The van der Waals surface area contributed by atoms with Gasteiger partial charge in [-0.15, -0.1) is 0 Å². The standard InChI is InChI=1S/C22H24FN3O4S/c23-19-10-7-17(15-20(19)31(29,30)26-13-3-4-14-26)21(27)24-18-8-5-16(6-9-18)22(28)25-11-1-2-12-25/h5-10,15H,1-4,11-14H2,(H,24,27). The van der Waals surface area contributed by atoms with Crippen LogP contribution in [0.3, 0.4) is 0 Å². The van der Waals surface area contributed by atoms with Crippen LogP contribution in [-0.2, 0) is 10.0 Å². The lowest BCUT2D eigenvalue weighted by Gasteiger charge is -2.17. The third kappa shape index (κ3) is 4.47. The molecule has 2 aliphatic rings. The highest BCUT2D eigenvalue weighted by atomic mass is 32.2. The molecule has 2 aromatic carbocycles. The van der Waals surface area contributed by atoms with Gasteiger partial charge < -0.3 is 10.2 Å². The van der Waals surface area contributed by atoms with Crippen molar-refractivity contribution in [1.82, 2.24) is 9.21 Å². The third-order valence-electron chi connectivity index (χ3n) is 5.66. The van der Waals surface area contributed by atoms with Crippen molar-refractivity contribution in [1.29, 1.82) is 0 Å². The van der Waals surface area contributed by atoms with Gasteiger partial charge in [-0.1, -0.05) is 0 Å². The Kier molecular flexibility index (Phi) is 6.06. The van der Waals surface area contributed by atoms with E-state index in [1.165, 1.54) is 10.4 Å². The maximum absolute atomic E-state index is 14.3. The smallest absolute Gasteiger partial charge is 0.255 e. The normalized spacial score (nSPS) is 17.1. The summed E-state index contributed by atoms with van der Waals surface area (Å²) in [4.78, 5) is 26.4. The van der Waals surface area contributed by atoms with Gasteiger partial charge in [0.1, 0.15) is 10.7 Å². The van der Waals surface area contributed by atoms with Crippen LogP contribution in [0.15, 0.2) is 47.4 Å². The zero-order valence-electron chi connectivity index (χ0n) is 17.0. The number of sulfonamides is 1. The Labute approximate surface area is 180 Å². The quantitative estimate of drug-likeness (QED) is 0.766. The Morgan fingerprint density at radius 1 is 0.839 bits per heavy atom. The monoisotopic (exact) mass is 445 g/mol. The summed E-state index contributed by atoms with van der Waals surface area (Å²) in [7, 11) is -3.99. The molecule has 0 aliphatic carbocycles. The van der Waals surface area contributed by atoms with Gasteiger partial charge in [0.15, 0.2) is 0 Å². The van der Waals surface area contributed by atoms with Crippen LogP contribution in [0, 0.1) is 5.82 Å². The number of anilines is 1. The maximum atomic E-state index is 14.3. The van der Waals surface area contributed by atoms with E-state index in [4.69, 9.17) is 0 Å². The average Bonchev–Trinajstić information content (AvgIpc) is 3.48. The van der Waals surface area contributed by atoms with Crippen molar-refractivity contribution in [3.05, 3.63) is 59.4 Å². The molecule has 31 heavy (non-hydrogen) atoms. The van der Waals surface area contributed by atoms with E-state index in [2.05, 4.69) is 5.32 Å². The molecule has 2 heterocycles. The van der Waals surface area contributed by atoms with Crippen molar-refractivity contribution < 1.29 is 22.4 Å². The van der Waals surface area contributed by atoms with Gasteiger partial charge in [-0.2, -0.15) is 4.31 Å². The first kappa shape index (κ1) is 21.5. The molecule has 0 bridgehead atoms. The largest absolute Gasteiger partial charge is 0.339 e. The van der Waals surface area contributed by atoms with E-state index in [0.29, 0.717) is 24.3 Å². The molecule has 2 fully saturated rings. The molecule has 2 aliphatic heterocycles. The molecule has 0 aromatic heterocycles. The highest BCUT2D eigenvalue weighted by molar-refractivity contribution is 7.89. The van der Waals surface area contributed by atoms with Gasteiger partial charge in [-0.25, -0.2) is 12.8 Å². The molecule has 9 heteroatoms. The van der Waals surface area contributed by atoms with Gasteiger partial charge in [-0.3, -0.25) is 9.59 Å². The van der Waals surface area contributed by atoms with Gasteiger partial charge in [0.2, 0.25) is 10.0 Å². The van der Waals surface area contributed by atoms with Crippen molar-refractivity contribution >= 4 is 27.5 Å². The Hall–Kier alpha value is -2.78. The molecule has 4 rings (SSSR count). The first-order valence-corrected chi connectivity index (χ1v) is 11.8. The summed E-state index contributed by atoms with van der Waals surface area (Å²) in [6.07, 6.45) is 3.48. The number of benzene rings is 2. The van der Waals surface area contributed by atoms with Crippen LogP contribution >= 0.6 is 0 Å². The van der Waals surface area contributed by atoms with Crippen molar-refractivity contribution in [2.75, 3.05) is 31.5 Å². The number of carbonyl (C=O) groups excluding carboxylic acids is 2. The number of nitrogens with one attached hydrogen (secondary N) is 1. The summed E-state index contributed by atoms with van der Waals surface area (Å²) in [5.41, 5.74) is 1.04. The van der Waals surface area contributed by atoms with Crippen LogP contribution in [-0.4, -0.2) is 55.6 Å². The maximum Gasteiger partial charge on any atom is 0.255 e. The zero-order valence-corrected chi connectivity index (χ0v) is 17.8. The lowest BCUT2D eigenvalue weighted by Crippen LogP contribution is -2.29. The van der Waals surface area contributed by atoms with Gasteiger partial charge in [0.25, 0.3) is 11.8 Å². The number of carbonyl (C=O) groups is 2. The van der Waals surface area contributed by atoms with E-state index in [9.17, 15) is 22.4 Å². The van der Waals surface area contributed by atoms with E-state index in [-0.39, 0.29) is 11.5 Å². The molecule has 164 valence electrons. The van der Waals surface area contributed by atoms with Crippen molar-refractivity contribution in [3.63, 3.8) is 0 Å². The summed E-state index contributed by atoms with van der Waals surface area (Å²) in [6.45, 7) is 2.20. The lowest BCUT2D eigenvalue weighted by atomic mass is 10.1. The van der Waals surface area contributed by atoms with E-state index in [0.717, 1.165) is 50.9 Å². The minimum atomic E-state index is -3.99. The Morgan fingerprint density at radius 3 is 2.06 bits per heavy atom. The summed E-state index contributed by atoms with van der Waals surface area (Å²) < 4.78 is 41.0. The van der Waals surface area contributed by atoms with Crippen LogP contribution < -0.4 is 5.32 Å². The second-order valence-corrected chi connectivity index (χ2v) is 9.69. The van der Waals surface area contributed by atoms with E-state index in [1.807, 2.05) is 0 Å². The number of hydrogen-bond acceptors (Lipinski definition) is 4. The SMILES string of the molecule is O=C(Nc1ccc(C(=O)N2CCCC2)cc1)c1ccc(F)c(S(=O)(=O)N2CCCC2)c1. The minimum Gasteiger partial charge on any atom is -0.339 e. The fourth-order valence-corrected chi connectivity index (χ4v) is 5.52. The van der Waals surface area contributed by atoms with Crippen molar-refractivity contribution in [3.8, 4) is 0 Å². The lowest BCUT2D eigenvalue weighted by molar-refractivity contribution is 0.0792. The number of likely N-dealkylation sites (tertiary alicyclic amines) is 1. The second-order valence-electron chi connectivity index (χ2n) is 7.79. The molecule has 0 saturated carbocycles. The topological polar surface area (TPSA) is 86.8 Å². The van der Waals surface area contributed by atoms with Crippen LogP contribution in [0.25, 0.3) is 0 Å². The molecular weight excluding hydrogens is 421 g/mol. The summed E-state index contributed by atoms with van der Waals surface area (Å²) in [5.74, 6) is -1.48. The molecule has 0 spiro atoms. The molecule has 1 N–H and O–H groups in total. The van der Waals surface area contributed by atoms with Gasteiger partial charge in [0, 0.05) is 43.0 Å². The zero-order chi connectivity index (χ0) is 22.0. The van der Waals surface area contributed by atoms with Crippen LogP contribution in [0.4, 0.5) is 10.1 Å². The fraction of sp³-hybridized carbons (Fsp3) is 0.364. The number of amides is 2. The van der Waals surface area contributed by atoms with Crippen molar-refractivity contribution in [2.45, 2.75) is 30.6 Å². The first-order valence-electron chi connectivity index (χ1n) is 10.4. The number of rotatable bonds is 5. The van der Waals surface area contributed by atoms with E-state index >= 15 is 0 Å². The highest BCUT2D eigenvalue weighted by Gasteiger charge is 2.30. The second kappa shape index (κ2) is 8.76. The van der Waals surface area contributed by atoms with Gasteiger partial charge in [-0.05, 0) is 68.1 Å². The Balaban J connectivity index is 1.49. The Morgan fingerprint density at radius 2 is 1.42 bits per heavy atom. The van der Waals surface area contributed by atoms with E-state index < -0.39 is 26.6 Å². The molecule has 7 nitrogen and oxygen atoms in total. The Bertz CT molecular complexity index is 1090. The molecule has 0 unspecified atom stereocenters. The number of halogens is 1. The molecular formula is C22H24FN3O4S. The predicted molar refractivity (Wildman–Crippen MR) is 114 cm³/mol. The van der Waals surface area contributed by atoms with Gasteiger partial charge in [0.05, 0.1) is 0 Å². The molecule has 2 amide bonds. The van der Waals surface area contributed by atoms with Crippen LogP contribution in [0.2, 0.25) is 0 Å². The minimum absolute atomic E-state index is 0.0364. The van der Waals surface area contributed by atoms with Gasteiger partial charge >= 0.3 is 0 Å². The van der Waals surface area contributed by atoms with E-state index in [1.54, 1.807) is 29.2 Å². The third-order valence-corrected chi connectivity index (χ3v) is 7.57. The van der Waals surface area contributed by atoms with Crippen molar-refractivity contribution in [2.24, 2.45) is 0 Å². The first-order chi connectivity index (χ1) is 14.9. The molecule has 2 saturated heterocycles. The molecule has 0 radical (unpaired) electrons. The average molecular weight is 446 g/mol. The number of nitrogens with zero attached hydrogens (tertiary/aromatic N) is 2. The van der Waals surface area contributed by atoms with Crippen LogP contribution in [0.5, 0.6) is 0 Å². The van der Waals surface area contributed by atoms with Crippen LogP contribution in [0.1, 0.15) is 46.4 Å². The summed E-state index contributed by atoms with van der Waals surface area (Å²) in [5, 5.41) is 2.67. The highest BCUT2D eigenvalue weighted by Crippen LogP contribution is 2.25. The summed E-state index contributed by atoms with van der Waals surface area (Å²) in [6, 6.07) is 9.84. The summed E-state index contributed by atoms with van der Waals surface area (Å²) >= 11 is 0. The predicted octanol–water partition coefficient (Wildman–Crippen LogP) is 3.10. The molecule has 2 aromatic rings. The fourth-order valence-electron chi connectivity index (χ4n) is 3.91.